The summed E-state index contributed by atoms with van der Waals surface area (Å²) < 4.78 is 0. The van der Waals surface area contributed by atoms with E-state index in [1.54, 1.807) is 6.07 Å². The van der Waals surface area contributed by atoms with E-state index in [9.17, 15) is 15.4 Å². The molecule has 0 bridgehead atoms. The number of hydrogen-bond acceptors (Lipinski definition) is 6. The summed E-state index contributed by atoms with van der Waals surface area (Å²) in [6.07, 6.45) is 3.45. The molecule has 0 amide bonds. The van der Waals surface area contributed by atoms with Gasteiger partial charge in [0.15, 0.2) is 0 Å². The summed E-state index contributed by atoms with van der Waals surface area (Å²) in [5.74, 6) is 1.06. The average Bonchev–Trinajstić information content (AvgIpc) is 3.09. The highest BCUT2D eigenvalue weighted by Crippen LogP contribution is 2.31. The molecule has 3 rings (SSSR count). The second kappa shape index (κ2) is 5.81. The molecule has 0 unspecified atom stereocenters. The quantitative estimate of drug-likeness (QED) is 0.684. The molecular weight excluding hydrogens is 284 g/mol. The second-order valence-corrected chi connectivity index (χ2v) is 5.23. The van der Waals surface area contributed by atoms with Crippen molar-refractivity contribution < 1.29 is 4.92 Å². The number of hydrogen-bond donors (Lipinski definition) is 1. The molecule has 22 heavy (non-hydrogen) atoms. The van der Waals surface area contributed by atoms with E-state index >= 15 is 0 Å². The van der Waals surface area contributed by atoms with Crippen LogP contribution in [0.5, 0.6) is 0 Å². The lowest BCUT2D eigenvalue weighted by Crippen LogP contribution is -2.35. The first kappa shape index (κ1) is 14.0. The molecule has 1 aliphatic heterocycles. The third-order valence-corrected chi connectivity index (χ3v) is 3.89. The summed E-state index contributed by atoms with van der Waals surface area (Å²) in [6, 6.07) is 6.47. The van der Waals surface area contributed by atoms with Gasteiger partial charge in [-0.15, -0.1) is 0 Å². The van der Waals surface area contributed by atoms with E-state index in [0.717, 1.165) is 30.9 Å². The minimum Gasteiger partial charge on any atom is -0.370 e. The Bertz CT molecular complexity index is 721. The number of aromatic nitrogens is 3. The number of nitro benzene ring substituents is 1. The van der Waals surface area contributed by atoms with Gasteiger partial charge in [-0.2, -0.15) is 10.4 Å². The molecule has 2 aromatic rings. The average molecular weight is 298 g/mol. The first-order valence-corrected chi connectivity index (χ1v) is 6.98. The molecule has 112 valence electrons. The van der Waals surface area contributed by atoms with Crippen LogP contribution in [0.15, 0.2) is 24.5 Å². The number of nitrogens with one attached hydrogen (secondary N) is 1. The number of nitriles is 1. The molecule has 0 saturated carbocycles. The van der Waals surface area contributed by atoms with Gasteiger partial charge < -0.3 is 4.90 Å². The number of aromatic amines is 1. The predicted molar refractivity (Wildman–Crippen MR) is 78.4 cm³/mol. The largest absolute Gasteiger partial charge is 0.370 e. The van der Waals surface area contributed by atoms with Crippen LogP contribution in [0, 0.1) is 21.4 Å². The van der Waals surface area contributed by atoms with Crippen molar-refractivity contribution in [3.8, 4) is 6.07 Å². The number of anilines is 1. The molecule has 8 nitrogen and oxygen atoms in total. The molecule has 1 saturated heterocycles. The molecule has 0 radical (unpaired) electrons. The maximum atomic E-state index is 10.8. The van der Waals surface area contributed by atoms with Gasteiger partial charge in [0.1, 0.15) is 18.2 Å². The van der Waals surface area contributed by atoms with Crippen molar-refractivity contribution in [3.05, 3.63) is 46.0 Å². The van der Waals surface area contributed by atoms with Crippen LogP contribution in [0.2, 0.25) is 0 Å². The van der Waals surface area contributed by atoms with Crippen molar-refractivity contribution in [3.63, 3.8) is 0 Å². The second-order valence-electron chi connectivity index (χ2n) is 5.23. The maximum absolute atomic E-state index is 10.8. The summed E-state index contributed by atoms with van der Waals surface area (Å²) in [5.41, 5.74) is 0.994. The van der Waals surface area contributed by atoms with Crippen molar-refractivity contribution >= 4 is 11.4 Å². The van der Waals surface area contributed by atoms with Crippen LogP contribution < -0.4 is 4.90 Å². The van der Waals surface area contributed by atoms with E-state index in [0.29, 0.717) is 12.1 Å². The summed E-state index contributed by atoms with van der Waals surface area (Å²) in [5, 5.41) is 26.9. The van der Waals surface area contributed by atoms with Crippen molar-refractivity contribution in [2.45, 2.75) is 18.8 Å². The van der Waals surface area contributed by atoms with Crippen LogP contribution in [0.1, 0.15) is 30.1 Å². The highest BCUT2D eigenvalue weighted by atomic mass is 16.6. The zero-order chi connectivity index (χ0) is 15.5. The van der Waals surface area contributed by atoms with Crippen LogP contribution in [0.4, 0.5) is 11.4 Å². The van der Waals surface area contributed by atoms with E-state index in [2.05, 4.69) is 26.2 Å². The highest BCUT2D eigenvalue weighted by Gasteiger charge is 2.25. The monoisotopic (exact) mass is 298 g/mol. The molecule has 2 heterocycles. The van der Waals surface area contributed by atoms with Crippen LogP contribution in [-0.4, -0.2) is 33.2 Å². The molecule has 1 aliphatic rings. The fourth-order valence-corrected chi connectivity index (χ4v) is 2.83. The Morgan fingerprint density at radius 2 is 2.36 bits per heavy atom. The number of benzene rings is 1. The Morgan fingerprint density at radius 3 is 3.05 bits per heavy atom. The molecule has 0 spiro atoms. The lowest BCUT2D eigenvalue weighted by molar-refractivity contribution is -0.384. The lowest BCUT2D eigenvalue weighted by atomic mass is 9.96. The third-order valence-electron chi connectivity index (χ3n) is 3.89. The number of rotatable bonds is 3. The van der Waals surface area contributed by atoms with Crippen molar-refractivity contribution in [1.82, 2.24) is 15.2 Å². The number of H-pyrrole nitrogens is 1. The van der Waals surface area contributed by atoms with Gasteiger partial charge in [0.25, 0.3) is 5.69 Å². The Kier molecular flexibility index (Phi) is 3.70. The van der Waals surface area contributed by atoms with Gasteiger partial charge >= 0.3 is 0 Å². The number of non-ortho nitro benzene ring substituents is 1. The number of piperidine rings is 1. The summed E-state index contributed by atoms with van der Waals surface area (Å²) in [4.78, 5) is 16.6. The molecule has 1 atom stereocenters. The summed E-state index contributed by atoms with van der Waals surface area (Å²) in [6.45, 7) is 1.53. The van der Waals surface area contributed by atoms with E-state index in [4.69, 9.17) is 0 Å². The molecule has 1 aromatic carbocycles. The topological polar surface area (TPSA) is 112 Å². The zero-order valence-electron chi connectivity index (χ0n) is 11.8. The third kappa shape index (κ3) is 2.61. The van der Waals surface area contributed by atoms with Crippen molar-refractivity contribution in [2.24, 2.45) is 0 Å². The standard InChI is InChI=1S/C14H14N6O2/c15-7-11-6-12(20(21)22)3-4-13(11)19-5-1-2-10(8-19)14-16-9-17-18-14/h3-4,6,9-10H,1-2,5,8H2,(H,16,17,18)/t10-/m1/s1. The van der Waals surface area contributed by atoms with E-state index in [-0.39, 0.29) is 11.6 Å². The molecule has 1 aromatic heterocycles. The molecular formula is C14H14N6O2. The molecule has 1 N–H and O–H groups in total. The lowest BCUT2D eigenvalue weighted by Gasteiger charge is -2.33. The Labute approximate surface area is 126 Å². The van der Waals surface area contributed by atoms with Gasteiger partial charge in [0.2, 0.25) is 0 Å². The number of nitro groups is 1. The normalized spacial score (nSPS) is 18.0. The number of nitrogens with zero attached hydrogens (tertiary/aromatic N) is 5. The van der Waals surface area contributed by atoms with Gasteiger partial charge in [-0.05, 0) is 18.9 Å². The first-order valence-electron chi connectivity index (χ1n) is 6.98. The Morgan fingerprint density at radius 1 is 1.50 bits per heavy atom. The smallest absolute Gasteiger partial charge is 0.270 e. The van der Waals surface area contributed by atoms with Crippen LogP contribution >= 0.6 is 0 Å². The minimum absolute atomic E-state index is 0.0657. The van der Waals surface area contributed by atoms with Crippen LogP contribution in [0.25, 0.3) is 0 Å². The minimum atomic E-state index is -0.488. The van der Waals surface area contributed by atoms with Gasteiger partial charge in [-0.3, -0.25) is 15.2 Å². The van der Waals surface area contributed by atoms with Crippen molar-refractivity contribution in [2.75, 3.05) is 18.0 Å². The SMILES string of the molecule is N#Cc1cc([N+](=O)[O-])ccc1N1CCC[C@@H](c2ncn[nH]2)C1. The Hall–Kier alpha value is -2.95. The van der Waals surface area contributed by atoms with E-state index < -0.39 is 4.92 Å². The Balaban J connectivity index is 1.87. The van der Waals surface area contributed by atoms with E-state index in [1.165, 1.54) is 18.5 Å². The van der Waals surface area contributed by atoms with E-state index in [1.807, 2.05) is 0 Å². The van der Waals surface area contributed by atoms with Gasteiger partial charge in [0.05, 0.1) is 16.2 Å². The van der Waals surface area contributed by atoms with Crippen LogP contribution in [-0.2, 0) is 0 Å². The van der Waals surface area contributed by atoms with Gasteiger partial charge in [-0.25, -0.2) is 4.98 Å². The first-order chi connectivity index (χ1) is 10.7. The van der Waals surface area contributed by atoms with Crippen LogP contribution in [0.3, 0.4) is 0 Å². The molecule has 0 aliphatic carbocycles. The maximum Gasteiger partial charge on any atom is 0.270 e. The van der Waals surface area contributed by atoms with Gasteiger partial charge in [-0.1, -0.05) is 0 Å². The predicted octanol–water partition coefficient (Wildman–Crippen LogP) is 1.97. The highest BCUT2D eigenvalue weighted by molar-refractivity contribution is 5.63. The van der Waals surface area contributed by atoms with Gasteiger partial charge in [0, 0.05) is 31.1 Å². The fourth-order valence-electron chi connectivity index (χ4n) is 2.83. The van der Waals surface area contributed by atoms with Crippen molar-refractivity contribution in [1.29, 1.82) is 5.26 Å². The summed E-state index contributed by atoms with van der Waals surface area (Å²) >= 11 is 0. The zero-order valence-corrected chi connectivity index (χ0v) is 11.8. The fraction of sp³-hybridized carbons (Fsp3) is 0.357. The molecule has 8 heteroatoms. The summed E-state index contributed by atoms with van der Waals surface area (Å²) in [7, 11) is 0. The molecule has 1 fully saturated rings.